The maximum atomic E-state index is 11.1. The number of nitrogens with one attached hydrogen (secondary N) is 1. The minimum atomic E-state index is -0.972. The minimum Gasteiger partial charge on any atom is -0.478 e. The van der Waals surface area contributed by atoms with Crippen LogP contribution in [0.5, 0.6) is 5.88 Å². The fourth-order valence-corrected chi connectivity index (χ4v) is 4.63. The molecule has 1 saturated heterocycles. The van der Waals surface area contributed by atoms with E-state index in [1.807, 2.05) is 6.20 Å². The number of carboxylic acid groups (broad SMARTS) is 1. The summed E-state index contributed by atoms with van der Waals surface area (Å²) in [5.41, 5.74) is 2.73. The molecule has 0 spiro atoms. The van der Waals surface area contributed by atoms with Gasteiger partial charge in [0.25, 0.3) is 0 Å². The Kier molecular flexibility index (Phi) is 6.55. The van der Waals surface area contributed by atoms with E-state index < -0.39 is 5.97 Å². The standard InChI is InChI=1S/C25H28N4O5/c30-18-7-3-15(4-8-18)20-13-26-23(34-19-9-11-33-12-10-19)21-14-27-25(29-22(20)21)28-17-5-1-16(2-6-17)24(31)32/h1-2,5-6,13-15,18-19,30H,3-4,7-12H2,(H,31,32)(H,27,28,29). The number of ether oxygens (including phenoxy) is 2. The van der Waals surface area contributed by atoms with Crippen molar-refractivity contribution in [2.45, 2.75) is 56.7 Å². The highest BCUT2D eigenvalue weighted by Gasteiger charge is 2.25. The molecule has 2 aliphatic rings. The molecule has 0 radical (unpaired) electrons. The van der Waals surface area contributed by atoms with Crippen molar-refractivity contribution in [3.63, 3.8) is 0 Å². The predicted octanol–water partition coefficient (Wildman–Crippen LogP) is 4.04. The van der Waals surface area contributed by atoms with Crippen LogP contribution in [-0.2, 0) is 4.74 Å². The van der Waals surface area contributed by atoms with Crippen molar-refractivity contribution in [2.24, 2.45) is 0 Å². The molecule has 3 aromatic rings. The summed E-state index contributed by atoms with van der Waals surface area (Å²) < 4.78 is 11.7. The summed E-state index contributed by atoms with van der Waals surface area (Å²) in [5.74, 6) is 0.225. The summed E-state index contributed by atoms with van der Waals surface area (Å²) in [6.45, 7) is 1.35. The number of hydrogen-bond acceptors (Lipinski definition) is 8. The molecule has 34 heavy (non-hydrogen) atoms. The molecular weight excluding hydrogens is 436 g/mol. The van der Waals surface area contributed by atoms with Gasteiger partial charge in [-0.3, -0.25) is 0 Å². The third kappa shape index (κ3) is 4.95. The molecule has 3 heterocycles. The molecule has 0 unspecified atom stereocenters. The summed E-state index contributed by atoms with van der Waals surface area (Å²) in [4.78, 5) is 25.1. The smallest absolute Gasteiger partial charge is 0.335 e. The van der Waals surface area contributed by atoms with Crippen molar-refractivity contribution in [3.8, 4) is 5.88 Å². The quantitative estimate of drug-likeness (QED) is 0.495. The van der Waals surface area contributed by atoms with Gasteiger partial charge in [-0.2, -0.15) is 0 Å². The summed E-state index contributed by atoms with van der Waals surface area (Å²) in [6.07, 6.45) is 8.31. The first-order valence-corrected chi connectivity index (χ1v) is 11.8. The van der Waals surface area contributed by atoms with Gasteiger partial charge in [0.05, 0.1) is 35.8 Å². The first-order chi connectivity index (χ1) is 16.6. The summed E-state index contributed by atoms with van der Waals surface area (Å²) in [5, 5.41) is 23.0. The number of anilines is 2. The van der Waals surface area contributed by atoms with Crippen LogP contribution in [0.15, 0.2) is 36.7 Å². The van der Waals surface area contributed by atoms with E-state index in [2.05, 4.69) is 15.3 Å². The Bertz CT molecular complexity index is 1160. The van der Waals surface area contributed by atoms with Crippen LogP contribution in [0, 0.1) is 0 Å². The van der Waals surface area contributed by atoms with Crippen LogP contribution in [-0.4, -0.2) is 56.6 Å². The Hall–Kier alpha value is -3.30. The molecule has 2 fully saturated rings. The summed E-state index contributed by atoms with van der Waals surface area (Å²) in [6, 6.07) is 6.45. The van der Waals surface area contributed by atoms with E-state index in [9.17, 15) is 9.90 Å². The number of pyridine rings is 1. The van der Waals surface area contributed by atoms with Crippen molar-refractivity contribution in [1.29, 1.82) is 0 Å². The monoisotopic (exact) mass is 464 g/mol. The number of benzene rings is 1. The Balaban J connectivity index is 1.48. The second kappa shape index (κ2) is 9.90. The molecule has 1 aliphatic heterocycles. The lowest BCUT2D eigenvalue weighted by molar-refractivity contribution is 0.0244. The van der Waals surface area contributed by atoms with E-state index in [0.717, 1.165) is 55.0 Å². The molecule has 2 aromatic heterocycles. The Morgan fingerprint density at radius 2 is 1.74 bits per heavy atom. The van der Waals surface area contributed by atoms with Gasteiger partial charge in [-0.25, -0.2) is 19.7 Å². The van der Waals surface area contributed by atoms with E-state index >= 15 is 0 Å². The third-order valence-corrected chi connectivity index (χ3v) is 6.58. The van der Waals surface area contributed by atoms with Gasteiger partial charge >= 0.3 is 5.97 Å². The zero-order valence-corrected chi connectivity index (χ0v) is 18.8. The maximum Gasteiger partial charge on any atom is 0.335 e. The van der Waals surface area contributed by atoms with Crippen LogP contribution in [0.2, 0.25) is 0 Å². The van der Waals surface area contributed by atoms with Gasteiger partial charge < -0.3 is 25.0 Å². The van der Waals surface area contributed by atoms with Crippen LogP contribution in [0.4, 0.5) is 11.6 Å². The number of aliphatic hydroxyl groups is 1. The van der Waals surface area contributed by atoms with Gasteiger partial charge in [0, 0.05) is 36.5 Å². The Morgan fingerprint density at radius 1 is 1.00 bits per heavy atom. The average Bonchev–Trinajstić information content (AvgIpc) is 2.86. The highest BCUT2D eigenvalue weighted by Crippen LogP contribution is 2.38. The van der Waals surface area contributed by atoms with E-state index in [4.69, 9.17) is 19.6 Å². The van der Waals surface area contributed by atoms with Crippen molar-refractivity contribution < 1.29 is 24.5 Å². The maximum absolute atomic E-state index is 11.1. The number of hydrogen-bond donors (Lipinski definition) is 3. The molecule has 0 amide bonds. The van der Waals surface area contributed by atoms with Crippen LogP contribution >= 0.6 is 0 Å². The Morgan fingerprint density at radius 3 is 2.44 bits per heavy atom. The largest absolute Gasteiger partial charge is 0.478 e. The number of nitrogens with zero attached hydrogens (tertiary/aromatic N) is 3. The van der Waals surface area contributed by atoms with Crippen molar-refractivity contribution in [2.75, 3.05) is 18.5 Å². The predicted molar refractivity (Wildman–Crippen MR) is 126 cm³/mol. The molecule has 178 valence electrons. The molecule has 1 saturated carbocycles. The van der Waals surface area contributed by atoms with Gasteiger partial charge in [0.1, 0.15) is 6.10 Å². The number of aliphatic hydroxyl groups excluding tert-OH is 1. The molecule has 1 aromatic carbocycles. The summed E-state index contributed by atoms with van der Waals surface area (Å²) in [7, 11) is 0. The number of fused-ring (bicyclic) bond motifs is 1. The molecule has 9 nitrogen and oxygen atoms in total. The SMILES string of the molecule is O=C(O)c1ccc(Nc2ncc3c(OC4CCOCC4)ncc(C4CCC(O)CC4)c3n2)cc1. The van der Waals surface area contributed by atoms with Crippen LogP contribution in [0.25, 0.3) is 10.9 Å². The fourth-order valence-electron chi connectivity index (χ4n) is 4.63. The highest BCUT2D eigenvalue weighted by molar-refractivity contribution is 5.88. The van der Waals surface area contributed by atoms with Crippen LogP contribution in [0.1, 0.15) is 60.4 Å². The molecular formula is C25H28N4O5. The van der Waals surface area contributed by atoms with Gasteiger partial charge in [-0.05, 0) is 55.9 Å². The Labute approximate surface area is 197 Å². The first kappa shape index (κ1) is 22.5. The normalized spacial score (nSPS) is 21.3. The van der Waals surface area contributed by atoms with Gasteiger partial charge in [-0.15, -0.1) is 0 Å². The number of carbonyl (C=O) groups is 1. The molecule has 0 atom stereocenters. The molecule has 3 N–H and O–H groups in total. The highest BCUT2D eigenvalue weighted by atomic mass is 16.5. The summed E-state index contributed by atoms with van der Waals surface area (Å²) >= 11 is 0. The van der Waals surface area contributed by atoms with E-state index in [1.165, 1.54) is 12.1 Å². The van der Waals surface area contributed by atoms with Gasteiger partial charge in [0.2, 0.25) is 11.8 Å². The van der Waals surface area contributed by atoms with E-state index in [-0.39, 0.29) is 23.7 Å². The van der Waals surface area contributed by atoms with E-state index in [1.54, 1.807) is 18.3 Å². The molecule has 5 rings (SSSR count). The molecule has 1 aliphatic carbocycles. The van der Waals surface area contributed by atoms with Crippen LogP contribution < -0.4 is 10.1 Å². The van der Waals surface area contributed by atoms with Crippen molar-refractivity contribution in [3.05, 3.63) is 47.8 Å². The average molecular weight is 465 g/mol. The first-order valence-electron chi connectivity index (χ1n) is 11.8. The topological polar surface area (TPSA) is 127 Å². The van der Waals surface area contributed by atoms with Gasteiger partial charge in [0.15, 0.2) is 0 Å². The second-order valence-corrected chi connectivity index (χ2v) is 8.92. The lowest BCUT2D eigenvalue weighted by Crippen LogP contribution is -2.26. The lowest BCUT2D eigenvalue weighted by atomic mass is 9.83. The van der Waals surface area contributed by atoms with Crippen molar-refractivity contribution >= 4 is 28.5 Å². The number of carboxylic acids is 1. The van der Waals surface area contributed by atoms with Crippen LogP contribution in [0.3, 0.4) is 0 Å². The zero-order chi connectivity index (χ0) is 23.5. The third-order valence-electron chi connectivity index (χ3n) is 6.58. The molecule has 0 bridgehead atoms. The van der Waals surface area contributed by atoms with E-state index in [0.29, 0.717) is 30.7 Å². The number of rotatable bonds is 6. The van der Waals surface area contributed by atoms with Gasteiger partial charge in [-0.1, -0.05) is 0 Å². The zero-order valence-electron chi connectivity index (χ0n) is 18.8. The lowest BCUT2D eigenvalue weighted by Gasteiger charge is -2.27. The second-order valence-electron chi connectivity index (χ2n) is 8.92. The number of aromatic carboxylic acids is 1. The molecule has 9 heteroatoms. The minimum absolute atomic E-state index is 0.0469. The number of aromatic nitrogens is 3. The van der Waals surface area contributed by atoms with Crippen molar-refractivity contribution in [1.82, 2.24) is 15.0 Å². The fraction of sp³-hybridized carbons (Fsp3) is 0.440.